The molecule has 25 heavy (non-hydrogen) atoms. The van der Waals surface area contributed by atoms with Crippen LogP contribution in [-0.2, 0) is 11.2 Å². The van der Waals surface area contributed by atoms with Gasteiger partial charge in [0.15, 0.2) is 0 Å². The minimum atomic E-state index is -0.574. The number of benzene rings is 1. The fraction of sp³-hybridized carbons (Fsp3) is 0.400. The van der Waals surface area contributed by atoms with Gasteiger partial charge in [-0.2, -0.15) is 0 Å². The predicted molar refractivity (Wildman–Crippen MR) is 95.1 cm³/mol. The molecule has 1 aromatic heterocycles. The number of amides is 2. The summed E-state index contributed by atoms with van der Waals surface area (Å²) in [6.07, 6.45) is 6.96. The van der Waals surface area contributed by atoms with Crippen LogP contribution in [0.4, 0.5) is 0 Å². The normalized spacial score (nSPS) is 20.8. The van der Waals surface area contributed by atoms with Gasteiger partial charge in [0.1, 0.15) is 12.3 Å². The summed E-state index contributed by atoms with van der Waals surface area (Å²) in [5, 5.41) is 5.76. The number of carbonyl (C=O) groups is 2. The van der Waals surface area contributed by atoms with Crippen LogP contribution in [0.1, 0.15) is 42.1 Å². The summed E-state index contributed by atoms with van der Waals surface area (Å²) >= 11 is 0. The van der Waals surface area contributed by atoms with E-state index in [2.05, 4.69) is 34.9 Å². The van der Waals surface area contributed by atoms with Gasteiger partial charge in [-0.05, 0) is 50.2 Å². The molecule has 3 atom stereocenters. The predicted octanol–water partition coefficient (Wildman–Crippen LogP) is 2.93. The first kappa shape index (κ1) is 17.3. The van der Waals surface area contributed by atoms with Crippen LogP contribution in [0, 0.1) is 5.92 Å². The first-order valence-electron chi connectivity index (χ1n) is 8.79. The van der Waals surface area contributed by atoms with Gasteiger partial charge in [0.05, 0.1) is 11.8 Å². The van der Waals surface area contributed by atoms with Crippen molar-refractivity contribution in [2.75, 3.05) is 0 Å². The Hall–Kier alpha value is -2.56. The van der Waals surface area contributed by atoms with Crippen LogP contribution in [0.15, 0.2) is 53.3 Å². The van der Waals surface area contributed by atoms with E-state index in [1.54, 1.807) is 13.0 Å². The Labute approximate surface area is 147 Å². The highest BCUT2D eigenvalue weighted by molar-refractivity contribution is 5.97. The smallest absolute Gasteiger partial charge is 0.255 e. The third kappa shape index (κ3) is 4.72. The average molecular weight is 340 g/mol. The lowest BCUT2D eigenvalue weighted by atomic mass is 9.98. The van der Waals surface area contributed by atoms with Crippen LogP contribution in [0.2, 0.25) is 0 Å². The van der Waals surface area contributed by atoms with Gasteiger partial charge < -0.3 is 15.1 Å². The van der Waals surface area contributed by atoms with Gasteiger partial charge in [0.2, 0.25) is 5.91 Å². The van der Waals surface area contributed by atoms with Crippen LogP contribution in [-0.4, -0.2) is 23.9 Å². The van der Waals surface area contributed by atoms with Crippen LogP contribution in [0.25, 0.3) is 0 Å². The summed E-state index contributed by atoms with van der Waals surface area (Å²) < 4.78 is 4.88. The highest BCUT2D eigenvalue weighted by Gasteiger charge is 2.27. The number of furan rings is 1. The average Bonchev–Trinajstić information content (AvgIpc) is 3.28. The largest absolute Gasteiger partial charge is 0.472 e. The second kappa shape index (κ2) is 8.01. The van der Waals surface area contributed by atoms with Crippen molar-refractivity contribution in [3.63, 3.8) is 0 Å². The Balaban J connectivity index is 1.44. The Morgan fingerprint density at radius 3 is 2.72 bits per heavy atom. The van der Waals surface area contributed by atoms with Crippen molar-refractivity contribution < 1.29 is 14.0 Å². The molecular formula is C20H24N2O3. The first-order chi connectivity index (χ1) is 12.1. The number of hydrogen-bond donors (Lipinski definition) is 2. The molecule has 1 aliphatic carbocycles. The van der Waals surface area contributed by atoms with Crippen molar-refractivity contribution in [1.82, 2.24) is 10.6 Å². The minimum Gasteiger partial charge on any atom is -0.472 e. The highest BCUT2D eigenvalue weighted by Crippen LogP contribution is 2.28. The molecule has 2 aromatic rings. The van der Waals surface area contributed by atoms with E-state index in [-0.39, 0.29) is 17.9 Å². The topological polar surface area (TPSA) is 71.3 Å². The third-order valence-electron chi connectivity index (χ3n) is 4.78. The molecule has 5 nitrogen and oxygen atoms in total. The number of nitrogens with one attached hydrogen (secondary N) is 2. The molecular weight excluding hydrogens is 316 g/mol. The van der Waals surface area contributed by atoms with Crippen molar-refractivity contribution in [1.29, 1.82) is 0 Å². The molecule has 0 bridgehead atoms. The van der Waals surface area contributed by atoms with E-state index in [0.717, 1.165) is 25.7 Å². The summed E-state index contributed by atoms with van der Waals surface area (Å²) in [5.74, 6) is 0.163. The summed E-state index contributed by atoms with van der Waals surface area (Å²) in [4.78, 5) is 24.3. The summed E-state index contributed by atoms with van der Waals surface area (Å²) in [5.41, 5.74) is 1.77. The van der Waals surface area contributed by atoms with Crippen LogP contribution in [0.3, 0.4) is 0 Å². The van der Waals surface area contributed by atoms with Gasteiger partial charge in [-0.3, -0.25) is 9.59 Å². The maximum absolute atomic E-state index is 12.3. The van der Waals surface area contributed by atoms with Gasteiger partial charge >= 0.3 is 0 Å². The van der Waals surface area contributed by atoms with E-state index in [1.165, 1.54) is 18.1 Å². The first-order valence-corrected chi connectivity index (χ1v) is 8.79. The zero-order chi connectivity index (χ0) is 17.6. The zero-order valence-corrected chi connectivity index (χ0v) is 14.4. The fourth-order valence-corrected chi connectivity index (χ4v) is 3.40. The lowest BCUT2D eigenvalue weighted by molar-refractivity contribution is -0.123. The van der Waals surface area contributed by atoms with Gasteiger partial charge in [0.25, 0.3) is 5.91 Å². The van der Waals surface area contributed by atoms with E-state index in [0.29, 0.717) is 11.5 Å². The SMILES string of the molecule is CC(NC(=O)c1ccoc1)C(=O)NC1CCC(Cc2ccccc2)C1. The Kier molecular flexibility index (Phi) is 5.53. The van der Waals surface area contributed by atoms with Crippen molar-refractivity contribution >= 4 is 11.8 Å². The lowest BCUT2D eigenvalue weighted by Crippen LogP contribution is -2.47. The standard InChI is InChI=1S/C20H24N2O3/c1-14(21-20(24)17-9-10-25-13-17)19(23)22-18-8-7-16(12-18)11-15-5-3-2-4-6-15/h2-6,9-10,13-14,16,18H,7-8,11-12H2,1H3,(H,21,24)(H,22,23). The molecule has 2 N–H and O–H groups in total. The van der Waals surface area contributed by atoms with Crippen LogP contribution < -0.4 is 10.6 Å². The van der Waals surface area contributed by atoms with Gasteiger partial charge in [-0.1, -0.05) is 30.3 Å². The van der Waals surface area contributed by atoms with Gasteiger partial charge in [-0.15, -0.1) is 0 Å². The molecule has 0 spiro atoms. The van der Waals surface area contributed by atoms with Crippen molar-refractivity contribution in [2.24, 2.45) is 5.92 Å². The quantitative estimate of drug-likeness (QED) is 0.849. The second-order valence-electron chi connectivity index (χ2n) is 6.78. The zero-order valence-electron chi connectivity index (χ0n) is 14.4. The summed E-state index contributed by atoms with van der Waals surface area (Å²) in [6, 6.07) is 11.6. The second-order valence-corrected chi connectivity index (χ2v) is 6.78. The minimum absolute atomic E-state index is 0.137. The van der Waals surface area contributed by atoms with Crippen molar-refractivity contribution in [2.45, 2.75) is 44.7 Å². The number of rotatable bonds is 6. The molecule has 1 heterocycles. The maximum atomic E-state index is 12.3. The lowest BCUT2D eigenvalue weighted by Gasteiger charge is -2.18. The molecule has 0 aliphatic heterocycles. The molecule has 132 valence electrons. The van der Waals surface area contributed by atoms with E-state index >= 15 is 0 Å². The molecule has 1 fully saturated rings. The Morgan fingerprint density at radius 1 is 1.20 bits per heavy atom. The van der Waals surface area contributed by atoms with Crippen molar-refractivity contribution in [3.05, 3.63) is 60.1 Å². The number of carbonyl (C=O) groups excluding carboxylic acids is 2. The molecule has 1 aromatic carbocycles. The van der Waals surface area contributed by atoms with E-state index in [4.69, 9.17) is 4.42 Å². The van der Waals surface area contributed by atoms with Crippen LogP contribution >= 0.6 is 0 Å². The Morgan fingerprint density at radius 2 is 2.00 bits per heavy atom. The molecule has 3 rings (SSSR count). The fourth-order valence-electron chi connectivity index (χ4n) is 3.40. The maximum Gasteiger partial charge on any atom is 0.255 e. The molecule has 0 saturated heterocycles. The van der Waals surface area contributed by atoms with Crippen molar-refractivity contribution in [3.8, 4) is 0 Å². The summed E-state index contributed by atoms with van der Waals surface area (Å²) in [7, 11) is 0. The molecule has 5 heteroatoms. The third-order valence-corrected chi connectivity index (χ3v) is 4.78. The number of hydrogen-bond acceptors (Lipinski definition) is 3. The molecule has 2 amide bonds. The van der Waals surface area contributed by atoms with Crippen LogP contribution in [0.5, 0.6) is 0 Å². The van der Waals surface area contributed by atoms with Gasteiger partial charge in [-0.25, -0.2) is 0 Å². The van der Waals surface area contributed by atoms with E-state index in [9.17, 15) is 9.59 Å². The monoisotopic (exact) mass is 340 g/mol. The van der Waals surface area contributed by atoms with E-state index < -0.39 is 6.04 Å². The molecule has 1 aliphatic rings. The van der Waals surface area contributed by atoms with Gasteiger partial charge in [0, 0.05) is 6.04 Å². The molecule has 1 saturated carbocycles. The molecule has 0 radical (unpaired) electrons. The molecule has 3 unspecified atom stereocenters. The van der Waals surface area contributed by atoms with E-state index in [1.807, 2.05) is 6.07 Å². The summed E-state index contributed by atoms with van der Waals surface area (Å²) in [6.45, 7) is 1.70. The Bertz CT molecular complexity index is 697. The highest BCUT2D eigenvalue weighted by atomic mass is 16.3.